The monoisotopic (exact) mass is 271 g/mol. The van der Waals surface area contributed by atoms with E-state index >= 15 is 0 Å². The zero-order chi connectivity index (χ0) is 13.9. The highest BCUT2D eigenvalue weighted by Gasteiger charge is 2.10. The molecule has 2 aromatic heterocycles. The number of aromatic nitrogens is 4. The summed E-state index contributed by atoms with van der Waals surface area (Å²) in [7, 11) is 0. The fourth-order valence-corrected chi connectivity index (χ4v) is 2.00. The third-order valence-corrected chi connectivity index (χ3v) is 2.98. The van der Waals surface area contributed by atoms with Gasteiger partial charge in [-0.25, -0.2) is 19.0 Å². The van der Waals surface area contributed by atoms with Crippen LogP contribution in [0.15, 0.2) is 36.8 Å². The Morgan fingerprint density at radius 3 is 2.75 bits per heavy atom. The minimum atomic E-state index is -0.273. The maximum absolute atomic E-state index is 13.0. The molecular formula is C14H14FN5. The van der Waals surface area contributed by atoms with E-state index in [-0.39, 0.29) is 5.82 Å². The van der Waals surface area contributed by atoms with Crippen molar-refractivity contribution in [2.45, 2.75) is 13.3 Å². The van der Waals surface area contributed by atoms with Gasteiger partial charge in [-0.05, 0) is 30.7 Å². The SMILES string of the molecule is CCCNc1ncnc2c1cnn2-c1ccc(F)cc1. The molecule has 0 aliphatic heterocycles. The van der Waals surface area contributed by atoms with E-state index in [1.807, 2.05) is 0 Å². The predicted octanol–water partition coefficient (Wildman–Crippen LogP) is 2.78. The number of hydrogen-bond acceptors (Lipinski definition) is 4. The van der Waals surface area contributed by atoms with Crippen molar-refractivity contribution in [3.63, 3.8) is 0 Å². The number of anilines is 1. The fraction of sp³-hybridized carbons (Fsp3) is 0.214. The molecule has 0 amide bonds. The van der Waals surface area contributed by atoms with Crippen LogP contribution in [0.2, 0.25) is 0 Å². The summed E-state index contributed by atoms with van der Waals surface area (Å²) in [6.45, 7) is 2.93. The Hall–Kier alpha value is -2.50. The molecule has 0 atom stereocenters. The first-order valence-corrected chi connectivity index (χ1v) is 6.48. The van der Waals surface area contributed by atoms with E-state index in [1.165, 1.54) is 18.5 Å². The Balaban J connectivity index is 2.07. The summed E-state index contributed by atoms with van der Waals surface area (Å²) >= 11 is 0. The van der Waals surface area contributed by atoms with Gasteiger partial charge in [0.1, 0.15) is 18.0 Å². The van der Waals surface area contributed by atoms with E-state index in [1.54, 1.807) is 23.0 Å². The quantitative estimate of drug-likeness (QED) is 0.792. The number of halogens is 1. The molecule has 0 unspecified atom stereocenters. The van der Waals surface area contributed by atoms with Crippen molar-refractivity contribution in [3.8, 4) is 5.69 Å². The molecule has 0 saturated heterocycles. The van der Waals surface area contributed by atoms with Gasteiger partial charge in [0.2, 0.25) is 0 Å². The van der Waals surface area contributed by atoms with Crippen molar-refractivity contribution in [2.75, 3.05) is 11.9 Å². The topological polar surface area (TPSA) is 55.6 Å². The van der Waals surface area contributed by atoms with Crippen molar-refractivity contribution >= 4 is 16.9 Å². The Labute approximate surface area is 115 Å². The highest BCUT2D eigenvalue weighted by Crippen LogP contribution is 2.21. The lowest BCUT2D eigenvalue weighted by Crippen LogP contribution is -2.03. The standard InChI is InChI=1S/C14H14FN5/c1-2-7-16-13-12-8-19-20(14(12)18-9-17-13)11-5-3-10(15)4-6-11/h3-6,8-9H,2,7H2,1H3,(H,16,17,18). The lowest BCUT2D eigenvalue weighted by atomic mass is 10.3. The molecule has 0 aliphatic rings. The molecule has 3 aromatic rings. The van der Waals surface area contributed by atoms with Gasteiger partial charge in [0.25, 0.3) is 0 Å². The molecule has 20 heavy (non-hydrogen) atoms. The van der Waals surface area contributed by atoms with Crippen LogP contribution in [0.5, 0.6) is 0 Å². The smallest absolute Gasteiger partial charge is 0.168 e. The van der Waals surface area contributed by atoms with Gasteiger partial charge in [-0.3, -0.25) is 0 Å². The Morgan fingerprint density at radius 2 is 2.00 bits per heavy atom. The zero-order valence-electron chi connectivity index (χ0n) is 11.0. The predicted molar refractivity (Wildman–Crippen MR) is 75.4 cm³/mol. The third-order valence-electron chi connectivity index (χ3n) is 2.98. The van der Waals surface area contributed by atoms with E-state index in [2.05, 4.69) is 27.3 Å². The maximum atomic E-state index is 13.0. The summed E-state index contributed by atoms with van der Waals surface area (Å²) < 4.78 is 14.7. The number of hydrogen-bond donors (Lipinski definition) is 1. The number of nitrogens with zero attached hydrogens (tertiary/aromatic N) is 4. The fourth-order valence-electron chi connectivity index (χ4n) is 2.00. The molecule has 102 valence electrons. The van der Waals surface area contributed by atoms with Crippen molar-refractivity contribution in [3.05, 3.63) is 42.6 Å². The summed E-state index contributed by atoms with van der Waals surface area (Å²) in [5, 5.41) is 8.41. The van der Waals surface area contributed by atoms with Crippen LogP contribution >= 0.6 is 0 Å². The molecule has 0 fully saturated rings. The van der Waals surface area contributed by atoms with Crippen molar-refractivity contribution in [1.82, 2.24) is 19.7 Å². The van der Waals surface area contributed by atoms with Gasteiger partial charge in [-0.15, -0.1) is 0 Å². The van der Waals surface area contributed by atoms with Crippen LogP contribution in [0.3, 0.4) is 0 Å². The normalized spacial score (nSPS) is 10.9. The second-order valence-corrected chi connectivity index (χ2v) is 4.42. The average molecular weight is 271 g/mol. The van der Waals surface area contributed by atoms with Gasteiger partial charge in [0.15, 0.2) is 5.65 Å². The molecule has 0 aliphatic carbocycles. The van der Waals surface area contributed by atoms with E-state index in [0.717, 1.165) is 29.9 Å². The first kappa shape index (κ1) is 12.5. The lowest BCUT2D eigenvalue weighted by molar-refractivity contribution is 0.627. The zero-order valence-corrected chi connectivity index (χ0v) is 11.0. The van der Waals surface area contributed by atoms with E-state index < -0.39 is 0 Å². The van der Waals surface area contributed by atoms with Crippen LogP contribution in [-0.4, -0.2) is 26.3 Å². The number of fused-ring (bicyclic) bond motifs is 1. The van der Waals surface area contributed by atoms with Crippen LogP contribution in [0, 0.1) is 5.82 Å². The number of nitrogens with one attached hydrogen (secondary N) is 1. The molecule has 0 radical (unpaired) electrons. The molecule has 1 N–H and O–H groups in total. The van der Waals surface area contributed by atoms with Gasteiger partial charge in [0.05, 0.1) is 17.3 Å². The third kappa shape index (κ3) is 2.20. The summed E-state index contributed by atoms with van der Waals surface area (Å²) in [6, 6.07) is 6.15. The van der Waals surface area contributed by atoms with E-state index in [4.69, 9.17) is 0 Å². The molecule has 5 nitrogen and oxygen atoms in total. The average Bonchev–Trinajstić information content (AvgIpc) is 2.90. The molecule has 0 spiro atoms. The molecule has 6 heteroatoms. The highest BCUT2D eigenvalue weighted by molar-refractivity contribution is 5.87. The van der Waals surface area contributed by atoms with Gasteiger partial charge in [-0.1, -0.05) is 6.92 Å². The van der Waals surface area contributed by atoms with Crippen molar-refractivity contribution in [1.29, 1.82) is 0 Å². The number of benzene rings is 1. The lowest BCUT2D eigenvalue weighted by Gasteiger charge is -2.05. The molecule has 2 heterocycles. The molecule has 1 aromatic carbocycles. The Kier molecular flexibility index (Phi) is 3.28. The van der Waals surface area contributed by atoms with Crippen molar-refractivity contribution in [2.24, 2.45) is 0 Å². The highest BCUT2D eigenvalue weighted by atomic mass is 19.1. The van der Waals surface area contributed by atoms with Crippen molar-refractivity contribution < 1.29 is 4.39 Å². The van der Waals surface area contributed by atoms with Gasteiger partial charge in [-0.2, -0.15) is 5.10 Å². The molecule has 0 saturated carbocycles. The second kappa shape index (κ2) is 5.24. The van der Waals surface area contributed by atoms with Crippen LogP contribution in [0.1, 0.15) is 13.3 Å². The number of rotatable bonds is 4. The maximum Gasteiger partial charge on any atom is 0.168 e. The molecule has 0 bridgehead atoms. The molecular weight excluding hydrogens is 257 g/mol. The first-order chi connectivity index (χ1) is 9.79. The largest absolute Gasteiger partial charge is 0.369 e. The summed E-state index contributed by atoms with van der Waals surface area (Å²) in [6.07, 6.45) is 4.23. The van der Waals surface area contributed by atoms with E-state index in [0.29, 0.717) is 5.65 Å². The minimum Gasteiger partial charge on any atom is -0.369 e. The minimum absolute atomic E-state index is 0.273. The second-order valence-electron chi connectivity index (χ2n) is 4.42. The Morgan fingerprint density at radius 1 is 1.20 bits per heavy atom. The van der Waals surface area contributed by atoms with Crippen LogP contribution in [0.4, 0.5) is 10.2 Å². The van der Waals surface area contributed by atoms with Gasteiger partial charge < -0.3 is 5.32 Å². The summed E-state index contributed by atoms with van der Waals surface area (Å²) in [5.41, 5.74) is 1.46. The summed E-state index contributed by atoms with van der Waals surface area (Å²) in [4.78, 5) is 8.49. The Bertz CT molecular complexity index is 720. The first-order valence-electron chi connectivity index (χ1n) is 6.48. The van der Waals surface area contributed by atoms with Crippen LogP contribution in [0.25, 0.3) is 16.7 Å². The van der Waals surface area contributed by atoms with Gasteiger partial charge in [0, 0.05) is 6.54 Å². The van der Waals surface area contributed by atoms with Crippen LogP contribution in [-0.2, 0) is 0 Å². The van der Waals surface area contributed by atoms with Gasteiger partial charge >= 0.3 is 0 Å². The van der Waals surface area contributed by atoms with Crippen LogP contribution < -0.4 is 5.32 Å². The summed E-state index contributed by atoms with van der Waals surface area (Å²) in [5.74, 6) is 0.496. The van der Waals surface area contributed by atoms with E-state index in [9.17, 15) is 4.39 Å². The molecule has 3 rings (SSSR count).